The number of aromatic carboxylic acids is 1. The van der Waals surface area contributed by atoms with Crippen molar-refractivity contribution in [1.29, 1.82) is 0 Å². The molecule has 1 N–H and O–H groups in total. The third-order valence-corrected chi connectivity index (χ3v) is 2.66. The zero-order chi connectivity index (χ0) is 13.1. The fourth-order valence-corrected chi connectivity index (χ4v) is 1.56. The number of carboxylic acids is 1. The standard InChI is InChI=1S/C11H8BrN3O3/c12-7-1-2-8(13-5-7)6-15-10(16)4-3-9(14-15)11(17)18/h1-5H,6H2,(H,17,18). The van der Waals surface area contributed by atoms with Gasteiger partial charge in [-0.25, -0.2) is 9.48 Å². The lowest BCUT2D eigenvalue weighted by molar-refractivity contribution is 0.0687. The highest BCUT2D eigenvalue weighted by molar-refractivity contribution is 9.10. The van der Waals surface area contributed by atoms with Crippen LogP contribution in [0.3, 0.4) is 0 Å². The molecule has 2 aromatic rings. The van der Waals surface area contributed by atoms with Crippen LogP contribution in [0.5, 0.6) is 0 Å². The van der Waals surface area contributed by atoms with E-state index in [1.165, 1.54) is 12.1 Å². The van der Waals surface area contributed by atoms with Gasteiger partial charge in [0.1, 0.15) is 0 Å². The fourth-order valence-electron chi connectivity index (χ4n) is 1.33. The molecule has 0 aliphatic carbocycles. The topological polar surface area (TPSA) is 85.1 Å². The first-order chi connectivity index (χ1) is 8.56. The van der Waals surface area contributed by atoms with Gasteiger partial charge in [0.15, 0.2) is 5.69 Å². The smallest absolute Gasteiger partial charge is 0.356 e. The van der Waals surface area contributed by atoms with Crippen LogP contribution in [-0.4, -0.2) is 25.8 Å². The minimum atomic E-state index is -1.17. The molecule has 0 unspecified atom stereocenters. The maximum absolute atomic E-state index is 11.5. The van der Waals surface area contributed by atoms with Crippen LogP contribution in [0.2, 0.25) is 0 Å². The van der Waals surface area contributed by atoms with Gasteiger partial charge in [-0.1, -0.05) is 0 Å². The average Bonchev–Trinajstić information content (AvgIpc) is 2.34. The van der Waals surface area contributed by atoms with Crippen molar-refractivity contribution in [1.82, 2.24) is 14.8 Å². The molecule has 92 valence electrons. The van der Waals surface area contributed by atoms with E-state index in [1.807, 2.05) is 0 Å². The van der Waals surface area contributed by atoms with Crippen LogP contribution in [0.15, 0.2) is 39.7 Å². The lowest BCUT2D eigenvalue weighted by atomic mass is 10.3. The van der Waals surface area contributed by atoms with Gasteiger partial charge in [0, 0.05) is 16.7 Å². The first-order valence-corrected chi connectivity index (χ1v) is 5.77. The quantitative estimate of drug-likeness (QED) is 0.919. The SMILES string of the molecule is O=C(O)c1ccc(=O)n(Cc2ccc(Br)cn2)n1. The summed E-state index contributed by atoms with van der Waals surface area (Å²) in [6, 6.07) is 5.87. The molecule has 0 saturated carbocycles. The number of hydrogen-bond acceptors (Lipinski definition) is 4. The Morgan fingerprint density at radius 2 is 2.11 bits per heavy atom. The highest BCUT2D eigenvalue weighted by Crippen LogP contribution is 2.07. The van der Waals surface area contributed by atoms with Crippen LogP contribution >= 0.6 is 15.9 Å². The van der Waals surface area contributed by atoms with Crippen molar-refractivity contribution in [3.05, 3.63) is 56.7 Å². The Balaban J connectivity index is 2.33. The first-order valence-electron chi connectivity index (χ1n) is 4.98. The van der Waals surface area contributed by atoms with E-state index < -0.39 is 5.97 Å². The van der Waals surface area contributed by atoms with Gasteiger partial charge in [0.05, 0.1) is 12.2 Å². The summed E-state index contributed by atoms with van der Waals surface area (Å²) < 4.78 is 1.89. The van der Waals surface area contributed by atoms with E-state index >= 15 is 0 Å². The van der Waals surface area contributed by atoms with Crippen LogP contribution in [0.4, 0.5) is 0 Å². The summed E-state index contributed by atoms with van der Waals surface area (Å²) in [6.07, 6.45) is 1.60. The number of nitrogens with zero attached hydrogens (tertiary/aromatic N) is 3. The van der Waals surface area contributed by atoms with Gasteiger partial charge < -0.3 is 5.11 Å². The van der Waals surface area contributed by atoms with Gasteiger partial charge in [-0.2, -0.15) is 5.10 Å². The number of halogens is 1. The Labute approximate surface area is 110 Å². The lowest BCUT2D eigenvalue weighted by Gasteiger charge is -2.04. The zero-order valence-electron chi connectivity index (χ0n) is 9.08. The average molecular weight is 310 g/mol. The number of carbonyl (C=O) groups is 1. The van der Waals surface area contributed by atoms with Crippen molar-refractivity contribution in [3.8, 4) is 0 Å². The van der Waals surface area contributed by atoms with Crippen LogP contribution in [-0.2, 0) is 6.54 Å². The Morgan fingerprint density at radius 3 is 2.72 bits per heavy atom. The molecule has 0 amide bonds. The van der Waals surface area contributed by atoms with Crippen molar-refractivity contribution in [2.45, 2.75) is 6.54 Å². The van der Waals surface area contributed by atoms with Crippen molar-refractivity contribution in [3.63, 3.8) is 0 Å². The normalized spacial score (nSPS) is 10.3. The van der Waals surface area contributed by atoms with E-state index in [0.29, 0.717) is 5.69 Å². The molecule has 6 nitrogen and oxygen atoms in total. The second-order valence-electron chi connectivity index (χ2n) is 3.49. The summed E-state index contributed by atoms with van der Waals surface area (Å²) >= 11 is 3.25. The third-order valence-electron chi connectivity index (χ3n) is 2.19. The molecule has 2 rings (SSSR count). The number of carboxylic acid groups (broad SMARTS) is 1. The zero-order valence-corrected chi connectivity index (χ0v) is 10.7. The van der Waals surface area contributed by atoms with Crippen LogP contribution < -0.4 is 5.56 Å². The number of rotatable bonds is 3. The molecule has 0 aromatic carbocycles. The monoisotopic (exact) mass is 309 g/mol. The summed E-state index contributed by atoms with van der Waals surface area (Å²) in [5.41, 5.74) is 0.0757. The molecular weight excluding hydrogens is 302 g/mol. The molecule has 2 aromatic heterocycles. The summed E-state index contributed by atoms with van der Waals surface area (Å²) in [5.74, 6) is -1.17. The van der Waals surface area contributed by atoms with Gasteiger partial charge in [0.2, 0.25) is 0 Å². The Bertz CT molecular complexity index is 637. The van der Waals surface area contributed by atoms with E-state index in [0.717, 1.165) is 9.15 Å². The Morgan fingerprint density at radius 1 is 1.33 bits per heavy atom. The highest BCUT2D eigenvalue weighted by Gasteiger charge is 2.07. The Hall–Kier alpha value is -2.02. The maximum atomic E-state index is 11.5. The summed E-state index contributed by atoms with van der Waals surface area (Å²) in [6.45, 7) is 0.132. The number of aromatic nitrogens is 3. The van der Waals surface area contributed by atoms with Gasteiger partial charge in [-0.15, -0.1) is 0 Å². The molecule has 0 saturated heterocycles. The maximum Gasteiger partial charge on any atom is 0.356 e. The molecule has 2 heterocycles. The minimum absolute atomic E-state index is 0.132. The predicted octanol–water partition coefficient (Wildman–Crippen LogP) is 1.15. The molecule has 0 radical (unpaired) electrons. The predicted molar refractivity (Wildman–Crippen MR) is 66.5 cm³/mol. The van der Waals surface area contributed by atoms with Crippen molar-refractivity contribution in [2.24, 2.45) is 0 Å². The molecular formula is C11H8BrN3O3. The van der Waals surface area contributed by atoms with Gasteiger partial charge in [-0.3, -0.25) is 9.78 Å². The van der Waals surface area contributed by atoms with Crippen LogP contribution in [0.25, 0.3) is 0 Å². The molecule has 0 fully saturated rings. The van der Waals surface area contributed by atoms with E-state index in [-0.39, 0.29) is 17.8 Å². The van der Waals surface area contributed by atoms with E-state index in [9.17, 15) is 9.59 Å². The number of hydrogen-bond donors (Lipinski definition) is 1. The second-order valence-corrected chi connectivity index (χ2v) is 4.40. The third kappa shape index (κ3) is 2.80. The minimum Gasteiger partial charge on any atom is -0.476 e. The molecule has 0 aliphatic rings. The van der Waals surface area contributed by atoms with E-state index in [1.54, 1.807) is 18.3 Å². The molecule has 0 aliphatic heterocycles. The molecule has 18 heavy (non-hydrogen) atoms. The summed E-state index contributed by atoms with van der Waals surface area (Å²) in [5, 5.41) is 12.5. The van der Waals surface area contributed by atoms with Crippen LogP contribution in [0, 0.1) is 0 Å². The van der Waals surface area contributed by atoms with Gasteiger partial charge >= 0.3 is 5.97 Å². The number of pyridine rings is 1. The lowest BCUT2D eigenvalue weighted by Crippen LogP contribution is -2.25. The van der Waals surface area contributed by atoms with E-state index in [2.05, 4.69) is 26.0 Å². The summed E-state index contributed by atoms with van der Waals surface area (Å²) in [4.78, 5) is 26.4. The molecule has 0 atom stereocenters. The van der Waals surface area contributed by atoms with Crippen molar-refractivity contribution < 1.29 is 9.90 Å². The van der Waals surface area contributed by atoms with Crippen molar-refractivity contribution in [2.75, 3.05) is 0 Å². The first kappa shape index (κ1) is 12.4. The molecule has 7 heteroatoms. The van der Waals surface area contributed by atoms with E-state index in [4.69, 9.17) is 5.11 Å². The second kappa shape index (κ2) is 5.09. The highest BCUT2D eigenvalue weighted by atomic mass is 79.9. The summed E-state index contributed by atoms with van der Waals surface area (Å²) in [7, 11) is 0. The Kier molecular flexibility index (Phi) is 3.52. The van der Waals surface area contributed by atoms with Gasteiger partial charge in [0.25, 0.3) is 5.56 Å². The van der Waals surface area contributed by atoms with Gasteiger partial charge in [-0.05, 0) is 34.1 Å². The van der Waals surface area contributed by atoms with Crippen molar-refractivity contribution >= 4 is 21.9 Å². The van der Waals surface area contributed by atoms with Crippen LogP contribution in [0.1, 0.15) is 16.2 Å². The molecule has 0 bridgehead atoms. The molecule has 0 spiro atoms. The largest absolute Gasteiger partial charge is 0.476 e. The fraction of sp³-hybridized carbons (Fsp3) is 0.0909.